The molecule has 0 atom stereocenters. The summed E-state index contributed by atoms with van der Waals surface area (Å²) in [4.78, 5) is 26.0. The van der Waals surface area contributed by atoms with Gasteiger partial charge < -0.3 is 24.2 Å². The lowest BCUT2D eigenvalue weighted by molar-refractivity contribution is -0.137. The smallest absolute Gasteiger partial charge is 0.271 e. The van der Waals surface area contributed by atoms with Crippen molar-refractivity contribution in [3.63, 3.8) is 0 Å². The van der Waals surface area contributed by atoms with Gasteiger partial charge in [0, 0.05) is 18.7 Å². The van der Waals surface area contributed by atoms with Gasteiger partial charge in [-0.3, -0.25) is 9.59 Å². The summed E-state index contributed by atoms with van der Waals surface area (Å²) in [6.07, 6.45) is 1.48. The first-order chi connectivity index (χ1) is 15.1. The van der Waals surface area contributed by atoms with E-state index >= 15 is 0 Å². The first-order valence-electron chi connectivity index (χ1n) is 9.94. The summed E-state index contributed by atoms with van der Waals surface area (Å²) in [6.45, 7) is 4.38. The van der Waals surface area contributed by atoms with Crippen LogP contribution in [0, 0.1) is 0 Å². The van der Waals surface area contributed by atoms with Gasteiger partial charge in [0.05, 0.1) is 26.0 Å². The molecule has 1 aliphatic rings. The van der Waals surface area contributed by atoms with Gasteiger partial charge in [-0.25, -0.2) is 5.43 Å². The molecular formula is C22H25N3O6. The van der Waals surface area contributed by atoms with Crippen LogP contribution >= 0.6 is 0 Å². The van der Waals surface area contributed by atoms with Crippen LogP contribution in [0.2, 0.25) is 0 Å². The Morgan fingerprint density at radius 1 is 1.13 bits per heavy atom. The Morgan fingerprint density at radius 2 is 1.87 bits per heavy atom. The molecular weight excluding hydrogens is 402 g/mol. The van der Waals surface area contributed by atoms with E-state index in [2.05, 4.69) is 10.5 Å². The van der Waals surface area contributed by atoms with Crippen LogP contribution in [0.25, 0.3) is 0 Å². The van der Waals surface area contributed by atoms with Gasteiger partial charge in [0.1, 0.15) is 5.75 Å². The Hall–Kier alpha value is -3.59. The lowest BCUT2D eigenvalue weighted by atomic mass is 10.2. The molecule has 2 amide bonds. The molecule has 0 aliphatic carbocycles. The molecule has 1 fully saturated rings. The van der Waals surface area contributed by atoms with E-state index in [4.69, 9.17) is 14.2 Å². The quantitative estimate of drug-likeness (QED) is 0.491. The Morgan fingerprint density at radius 3 is 2.58 bits per heavy atom. The highest BCUT2D eigenvalue weighted by atomic mass is 16.5. The summed E-state index contributed by atoms with van der Waals surface area (Å²) < 4.78 is 16.5. The minimum Gasteiger partial charge on any atom is -0.508 e. The second-order valence-electron chi connectivity index (χ2n) is 6.67. The number of amides is 2. The molecule has 1 saturated heterocycles. The van der Waals surface area contributed by atoms with Crippen molar-refractivity contribution < 1.29 is 28.9 Å². The van der Waals surface area contributed by atoms with E-state index in [1.807, 2.05) is 6.92 Å². The lowest BCUT2D eigenvalue weighted by Crippen LogP contribution is -2.43. The lowest BCUT2D eigenvalue weighted by Gasteiger charge is -2.26. The maximum Gasteiger partial charge on any atom is 0.271 e. The van der Waals surface area contributed by atoms with Crippen molar-refractivity contribution in [3.8, 4) is 17.2 Å². The highest BCUT2D eigenvalue weighted by Gasteiger charge is 2.18. The van der Waals surface area contributed by atoms with Crippen LogP contribution in [0.3, 0.4) is 0 Å². The SMILES string of the molecule is CCOc1cc(/C=N\NC(=O)c2ccc(O)cc2)ccc1OCC(=O)N1CCOCC1. The molecule has 164 valence electrons. The summed E-state index contributed by atoms with van der Waals surface area (Å²) in [6, 6.07) is 11.0. The number of carbonyl (C=O) groups is 2. The fraction of sp³-hybridized carbons (Fsp3) is 0.318. The summed E-state index contributed by atoms with van der Waals surface area (Å²) >= 11 is 0. The molecule has 1 aliphatic heterocycles. The van der Waals surface area contributed by atoms with Gasteiger partial charge in [-0.2, -0.15) is 5.10 Å². The number of hydrogen-bond donors (Lipinski definition) is 2. The second-order valence-corrected chi connectivity index (χ2v) is 6.67. The molecule has 2 aromatic rings. The maximum atomic E-state index is 12.3. The summed E-state index contributed by atoms with van der Waals surface area (Å²) in [5.74, 6) is 0.508. The van der Waals surface area contributed by atoms with Crippen molar-refractivity contribution in [1.82, 2.24) is 10.3 Å². The van der Waals surface area contributed by atoms with Crippen molar-refractivity contribution in [2.75, 3.05) is 39.5 Å². The third-order valence-corrected chi connectivity index (χ3v) is 4.49. The number of hydrazone groups is 1. The van der Waals surface area contributed by atoms with E-state index < -0.39 is 5.91 Å². The van der Waals surface area contributed by atoms with Gasteiger partial charge in [-0.1, -0.05) is 0 Å². The molecule has 2 aromatic carbocycles. The first kappa shape index (κ1) is 22.1. The van der Waals surface area contributed by atoms with E-state index in [0.29, 0.717) is 55.5 Å². The maximum absolute atomic E-state index is 12.3. The number of nitrogens with zero attached hydrogens (tertiary/aromatic N) is 2. The van der Waals surface area contributed by atoms with Crippen LogP contribution in [-0.4, -0.2) is 67.6 Å². The zero-order valence-electron chi connectivity index (χ0n) is 17.2. The number of phenols is 1. The number of morpholine rings is 1. The third kappa shape index (κ3) is 6.45. The predicted octanol–water partition coefficient (Wildman–Crippen LogP) is 1.79. The Labute approximate surface area is 180 Å². The highest BCUT2D eigenvalue weighted by Crippen LogP contribution is 2.28. The number of aromatic hydroxyl groups is 1. The van der Waals surface area contributed by atoms with Crippen molar-refractivity contribution in [2.45, 2.75) is 6.92 Å². The van der Waals surface area contributed by atoms with Gasteiger partial charge in [-0.15, -0.1) is 0 Å². The van der Waals surface area contributed by atoms with E-state index in [0.717, 1.165) is 0 Å². The first-order valence-corrected chi connectivity index (χ1v) is 9.94. The Balaban J connectivity index is 1.59. The van der Waals surface area contributed by atoms with Gasteiger partial charge in [-0.05, 0) is 55.0 Å². The van der Waals surface area contributed by atoms with Crippen molar-refractivity contribution in [3.05, 3.63) is 53.6 Å². The van der Waals surface area contributed by atoms with Crippen LogP contribution in [-0.2, 0) is 9.53 Å². The van der Waals surface area contributed by atoms with Gasteiger partial charge in [0.15, 0.2) is 18.1 Å². The number of benzene rings is 2. The zero-order valence-corrected chi connectivity index (χ0v) is 17.2. The fourth-order valence-corrected chi connectivity index (χ4v) is 2.88. The molecule has 9 nitrogen and oxygen atoms in total. The predicted molar refractivity (Wildman–Crippen MR) is 114 cm³/mol. The topological polar surface area (TPSA) is 110 Å². The van der Waals surface area contributed by atoms with Crippen LogP contribution in [0.1, 0.15) is 22.8 Å². The highest BCUT2D eigenvalue weighted by molar-refractivity contribution is 5.95. The minimum absolute atomic E-state index is 0.0810. The molecule has 31 heavy (non-hydrogen) atoms. The van der Waals surface area contributed by atoms with Crippen LogP contribution < -0.4 is 14.9 Å². The average molecular weight is 427 g/mol. The van der Waals surface area contributed by atoms with E-state index in [1.165, 1.54) is 30.5 Å². The van der Waals surface area contributed by atoms with Gasteiger partial charge in [0.2, 0.25) is 0 Å². The third-order valence-electron chi connectivity index (χ3n) is 4.49. The largest absolute Gasteiger partial charge is 0.508 e. The molecule has 0 unspecified atom stereocenters. The molecule has 9 heteroatoms. The average Bonchev–Trinajstić information content (AvgIpc) is 2.79. The summed E-state index contributed by atoms with van der Waals surface area (Å²) in [5, 5.41) is 13.2. The monoisotopic (exact) mass is 427 g/mol. The zero-order chi connectivity index (χ0) is 22.1. The molecule has 0 radical (unpaired) electrons. The second kappa shape index (κ2) is 11.0. The molecule has 0 aromatic heterocycles. The summed E-state index contributed by atoms with van der Waals surface area (Å²) in [5.41, 5.74) is 3.48. The molecule has 0 saturated carbocycles. The van der Waals surface area contributed by atoms with Crippen molar-refractivity contribution in [1.29, 1.82) is 0 Å². The Kier molecular flexibility index (Phi) is 7.83. The molecule has 3 rings (SSSR count). The fourth-order valence-electron chi connectivity index (χ4n) is 2.88. The number of hydrogen-bond acceptors (Lipinski definition) is 7. The molecule has 1 heterocycles. The van der Waals surface area contributed by atoms with Crippen molar-refractivity contribution >= 4 is 18.0 Å². The standard InChI is InChI=1S/C22H25N3O6/c1-2-30-20-13-16(14-23-24-22(28)17-4-6-18(26)7-5-17)3-8-19(20)31-15-21(27)25-9-11-29-12-10-25/h3-8,13-14,26H,2,9-12,15H2,1H3,(H,24,28)/b23-14-. The van der Waals surface area contributed by atoms with Gasteiger partial charge >= 0.3 is 0 Å². The Bertz CT molecular complexity index is 923. The van der Waals surface area contributed by atoms with Gasteiger partial charge in [0.25, 0.3) is 11.8 Å². The van der Waals surface area contributed by atoms with Crippen LogP contribution in [0.5, 0.6) is 17.2 Å². The number of rotatable bonds is 8. The molecule has 0 bridgehead atoms. The number of ether oxygens (including phenoxy) is 3. The number of carbonyl (C=O) groups excluding carboxylic acids is 2. The van der Waals surface area contributed by atoms with E-state index in [9.17, 15) is 14.7 Å². The molecule has 2 N–H and O–H groups in total. The minimum atomic E-state index is -0.400. The van der Waals surface area contributed by atoms with Crippen LogP contribution in [0.15, 0.2) is 47.6 Å². The van der Waals surface area contributed by atoms with E-state index in [1.54, 1.807) is 23.1 Å². The van der Waals surface area contributed by atoms with Crippen LogP contribution in [0.4, 0.5) is 0 Å². The number of phenolic OH excluding ortho intramolecular Hbond substituents is 1. The normalized spacial score (nSPS) is 13.8. The summed E-state index contributed by atoms with van der Waals surface area (Å²) in [7, 11) is 0. The van der Waals surface area contributed by atoms with Crippen molar-refractivity contribution in [2.24, 2.45) is 5.10 Å². The van der Waals surface area contributed by atoms with E-state index in [-0.39, 0.29) is 18.3 Å². The molecule has 0 spiro atoms. The number of nitrogens with one attached hydrogen (secondary N) is 1.